The van der Waals surface area contributed by atoms with Gasteiger partial charge in [-0.25, -0.2) is 4.99 Å². The predicted octanol–water partition coefficient (Wildman–Crippen LogP) is 5.67. The molecule has 26 heavy (non-hydrogen) atoms. The Bertz CT molecular complexity index is 893. The minimum Gasteiger partial charge on any atom is -0.491 e. The van der Waals surface area contributed by atoms with Crippen molar-refractivity contribution in [3.63, 3.8) is 0 Å². The van der Waals surface area contributed by atoms with E-state index in [0.29, 0.717) is 25.8 Å². The van der Waals surface area contributed by atoms with Gasteiger partial charge in [-0.05, 0) is 61.5 Å². The molecule has 0 aromatic heterocycles. The van der Waals surface area contributed by atoms with Crippen molar-refractivity contribution in [2.45, 2.75) is 20.0 Å². The zero-order valence-corrected chi connectivity index (χ0v) is 16.5. The van der Waals surface area contributed by atoms with Crippen LogP contribution in [0, 0.1) is 0 Å². The van der Waals surface area contributed by atoms with Gasteiger partial charge in [0, 0.05) is 0 Å². The van der Waals surface area contributed by atoms with E-state index >= 15 is 0 Å². The first-order valence-corrected chi connectivity index (χ1v) is 9.50. The summed E-state index contributed by atoms with van der Waals surface area (Å²) in [6.07, 6.45) is 1.92. The Labute approximate surface area is 166 Å². The second-order valence-corrected chi connectivity index (χ2v) is 7.61. The van der Waals surface area contributed by atoms with Gasteiger partial charge in [-0.3, -0.25) is 4.79 Å². The number of hydrogen-bond acceptors (Lipinski definition) is 4. The maximum atomic E-state index is 12.2. The lowest BCUT2D eigenvalue weighted by atomic mass is 10.2. The second kappa shape index (κ2) is 8.16. The summed E-state index contributed by atoms with van der Waals surface area (Å²) in [5.41, 5.74) is 1.42. The van der Waals surface area contributed by atoms with Gasteiger partial charge in [0.2, 0.25) is 0 Å². The second-order valence-electron chi connectivity index (χ2n) is 5.79. The number of amides is 1. The molecule has 0 aliphatic carbocycles. The van der Waals surface area contributed by atoms with Crippen LogP contribution in [0.25, 0.3) is 6.08 Å². The molecule has 134 valence electrons. The first-order chi connectivity index (χ1) is 12.4. The number of thioether (sulfide) groups is 1. The van der Waals surface area contributed by atoms with Gasteiger partial charge in [0.15, 0.2) is 5.17 Å². The predicted molar refractivity (Wildman–Crippen MR) is 109 cm³/mol. The van der Waals surface area contributed by atoms with Crippen molar-refractivity contribution in [2.75, 3.05) is 0 Å². The van der Waals surface area contributed by atoms with Crippen LogP contribution < -0.4 is 10.1 Å². The molecule has 1 saturated heterocycles. The summed E-state index contributed by atoms with van der Waals surface area (Å²) in [7, 11) is 0. The molecular weight excluding hydrogens is 391 g/mol. The Balaban J connectivity index is 1.78. The molecule has 1 fully saturated rings. The maximum absolute atomic E-state index is 12.2. The fourth-order valence-electron chi connectivity index (χ4n) is 2.23. The number of carbonyl (C=O) groups is 1. The molecule has 7 heteroatoms. The van der Waals surface area contributed by atoms with E-state index in [2.05, 4.69) is 10.3 Å². The van der Waals surface area contributed by atoms with Crippen LogP contribution in [-0.4, -0.2) is 17.2 Å². The minimum absolute atomic E-state index is 0.118. The molecule has 1 amide bonds. The fourth-order valence-corrected chi connectivity index (χ4v) is 3.41. The van der Waals surface area contributed by atoms with E-state index in [9.17, 15) is 4.79 Å². The number of nitrogens with one attached hydrogen (secondary N) is 1. The first-order valence-electron chi connectivity index (χ1n) is 7.92. The van der Waals surface area contributed by atoms with E-state index in [-0.39, 0.29) is 12.0 Å². The van der Waals surface area contributed by atoms with E-state index < -0.39 is 0 Å². The lowest BCUT2D eigenvalue weighted by Crippen LogP contribution is -2.19. The molecule has 0 saturated carbocycles. The number of rotatable bonds is 4. The number of carbonyl (C=O) groups excluding carboxylic acids is 1. The van der Waals surface area contributed by atoms with E-state index in [1.54, 1.807) is 24.3 Å². The lowest BCUT2D eigenvalue weighted by molar-refractivity contribution is -0.115. The summed E-state index contributed by atoms with van der Waals surface area (Å²) in [4.78, 5) is 17.1. The average molecular weight is 407 g/mol. The molecule has 2 aromatic rings. The topological polar surface area (TPSA) is 50.7 Å². The molecule has 3 rings (SSSR count). The summed E-state index contributed by atoms with van der Waals surface area (Å²) >= 11 is 13.4. The van der Waals surface area contributed by atoms with Crippen LogP contribution in [0.2, 0.25) is 10.0 Å². The molecule has 2 aromatic carbocycles. The van der Waals surface area contributed by atoms with Gasteiger partial charge in [0.25, 0.3) is 5.91 Å². The van der Waals surface area contributed by atoms with Crippen molar-refractivity contribution in [3.05, 3.63) is 63.0 Å². The van der Waals surface area contributed by atoms with Gasteiger partial charge in [0.05, 0.1) is 26.7 Å². The number of nitrogens with zero attached hydrogens (tertiary/aromatic N) is 1. The van der Waals surface area contributed by atoms with Crippen LogP contribution >= 0.6 is 35.0 Å². The van der Waals surface area contributed by atoms with E-state index in [4.69, 9.17) is 27.9 Å². The Hall–Kier alpha value is -1.95. The highest BCUT2D eigenvalue weighted by atomic mass is 35.5. The van der Waals surface area contributed by atoms with Gasteiger partial charge in [-0.15, -0.1) is 0 Å². The Morgan fingerprint density at radius 3 is 2.58 bits per heavy atom. The van der Waals surface area contributed by atoms with Crippen molar-refractivity contribution in [1.82, 2.24) is 5.32 Å². The number of benzene rings is 2. The SMILES string of the molecule is CC(C)Oc1ccc(/C=C2\SC(=Nc3cccc(Cl)c3Cl)NC2=O)cc1. The Morgan fingerprint density at radius 1 is 1.15 bits per heavy atom. The summed E-state index contributed by atoms with van der Waals surface area (Å²) in [5.74, 6) is 0.595. The van der Waals surface area contributed by atoms with Crippen LogP contribution in [0.5, 0.6) is 5.75 Å². The van der Waals surface area contributed by atoms with E-state index in [1.807, 2.05) is 38.1 Å². The largest absolute Gasteiger partial charge is 0.491 e. The molecular formula is C19H16Cl2N2O2S. The summed E-state index contributed by atoms with van der Waals surface area (Å²) in [5, 5.41) is 3.97. The third kappa shape index (κ3) is 4.61. The van der Waals surface area contributed by atoms with Gasteiger partial charge < -0.3 is 10.1 Å². The quantitative estimate of drug-likeness (QED) is 0.665. The zero-order chi connectivity index (χ0) is 18.7. The van der Waals surface area contributed by atoms with Crippen LogP contribution in [0.4, 0.5) is 5.69 Å². The number of halogens is 2. The normalized spacial score (nSPS) is 17.2. The molecule has 0 radical (unpaired) electrons. The molecule has 0 spiro atoms. The molecule has 0 atom stereocenters. The maximum Gasteiger partial charge on any atom is 0.264 e. The van der Waals surface area contributed by atoms with Gasteiger partial charge in [-0.2, -0.15) is 0 Å². The number of amidine groups is 1. The van der Waals surface area contributed by atoms with Crippen molar-refractivity contribution < 1.29 is 9.53 Å². The van der Waals surface area contributed by atoms with Crippen molar-refractivity contribution in [3.8, 4) is 5.75 Å². The first kappa shape index (κ1) is 18.8. The standard InChI is InChI=1S/C19H16Cl2N2O2S/c1-11(2)25-13-8-6-12(7-9-13)10-16-18(24)23-19(26-16)22-15-5-3-4-14(20)17(15)21/h3-11H,1-2H3,(H,22,23,24)/b16-10-. The number of hydrogen-bond donors (Lipinski definition) is 1. The van der Waals surface area contributed by atoms with Crippen LogP contribution in [0.3, 0.4) is 0 Å². The van der Waals surface area contributed by atoms with Crippen LogP contribution in [-0.2, 0) is 4.79 Å². The Morgan fingerprint density at radius 2 is 1.88 bits per heavy atom. The third-order valence-corrected chi connectivity index (χ3v) is 5.07. The smallest absolute Gasteiger partial charge is 0.264 e. The van der Waals surface area contributed by atoms with Gasteiger partial charge in [-0.1, -0.05) is 41.4 Å². The number of aliphatic imine (C=N–C) groups is 1. The van der Waals surface area contributed by atoms with Crippen molar-refractivity contribution in [2.24, 2.45) is 4.99 Å². The van der Waals surface area contributed by atoms with Crippen LogP contribution in [0.15, 0.2) is 52.4 Å². The molecule has 1 N–H and O–H groups in total. The van der Waals surface area contributed by atoms with Crippen molar-refractivity contribution in [1.29, 1.82) is 0 Å². The molecule has 1 aliphatic rings. The van der Waals surface area contributed by atoms with E-state index in [0.717, 1.165) is 11.3 Å². The highest BCUT2D eigenvalue weighted by molar-refractivity contribution is 8.18. The number of ether oxygens (including phenoxy) is 1. The van der Waals surface area contributed by atoms with Crippen LogP contribution in [0.1, 0.15) is 19.4 Å². The van der Waals surface area contributed by atoms with E-state index in [1.165, 1.54) is 11.8 Å². The fraction of sp³-hybridized carbons (Fsp3) is 0.158. The summed E-state index contributed by atoms with van der Waals surface area (Å²) in [6, 6.07) is 12.7. The molecule has 0 unspecified atom stereocenters. The van der Waals surface area contributed by atoms with Gasteiger partial charge >= 0.3 is 0 Å². The third-order valence-electron chi connectivity index (χ3n) is 3.35. The molecule has 1 heterocycles. The minimum atomic E-state index is -0.200. The van der Waals surface area contributed by atoms with Crippen molar-refractivity contribution >= 4 is 57.8 Å². The molecule has 4 nitrogen and oxygen atoms in total. The zero-order valence-electron chi connectivity index (χ0n) is 14.1. The van der Waals surface area contributed by atoms with Gasteiger partial charge in [0.1, 0.15) is 5.75 Å². The molecule has 1 aliphatic heterocycles. The highest BCUT2D eigenvalue weighted by Crippen LogP contribution is 2.34. The highest BCUT2D eigenvalue weighted by Gasteiger charge is 2.24. The molecule has 0 bridgehead atoms. The lowest BCUT2D eigenvalue weighted by Gasteiger charge is -2.09. The average Bonchev–Trinajstić information content (AvgIpc) is 2.92. The summed E-state index contributed by atoms with van der Waals surface area (Å²) < 4.78 is 5.62. The summed E-state index contributed by atoms with van der Waals surface area (Å²) in [6.45, 7) is 3.95. The monoisotopic (exact) mass is 406 g/mol. The Kier molecular flexibility index (Phi) is 5.91.